The van der Waals surface area contributed by atoms with Gasteiger partial charge in [0.2, 0.25) is 0 Å². The number of hydrogen-bond donors (Lipinski definition) is 2. The third kappa shape index (κ3) is 11.0. The van der Waals surface area contributed by atoms with Gasteiger partial charge in [0.05, 0.1) is 6.20 Å². The molecule has 0 amide bonds. The maximum absolute atomic E-state index is 8.59. The summed E-state index contributed by atoms with van der Waals surface area (Å²) < 4.78 is 28.5. The minimum Gasteiger partial charge on any atom is -0.365 e. The molecule has 1 N–H and O–H groups in total. The van der Waals surface area contributed by atoms with Crippen LogP contribution in [-0.4, -0.2) is 18.1 Å². The minimum atomic E-state index is -3.12. The van der Waals surface area contributed by atoms with Crippen molar-refractivity contribution >= 4 is 11.0 Å². The summed E-state index contributed by atoms with van der Waals surface area (Å²) in [6, 6.07) is 1.72. The van der Waals surface area contributed by atoms with Gasteiger partial charge in [0.1, 0.15) is 6.26 Å². The second-order valence-corrected chi connectivity index (χ2v) is 1.40. The van der Waals surface area contributed by atoms with Gasteiger partial charge < -0.3 is 4.52 Å². The molecule has 0 fully saturated rings. The fourth-order valence-electron chi connectivity index (χ4n) is 0.176. The molecule has 0 radical (unpaired) electrons. The van der Waals surface area contributed by atoms with Crippen molar-refractivity contribution in [2.75, 3.05) is 0 Å². The summed E-state index contributed by atoms with van der Waals surface area (Å²) in [7, 11) is -3.12. The van der Waals surface area contributed by atoms with Crippen molar-refractivity contribution in [3.05, 3.63) is 18.5 Å². The predicted molar refractivity (Wildman–Crippen MR) is 29.4 cm³/mol. The highest BCUT2D eigenvalue weighted by Crippen LogP contribution is 1.72. The molecular weight excluding hydrogens is 146 g/mol. The third-order valence-corrected chi connectivity index (χ3v) is 0.347. The monoisotopic (exact) mass is 151 g/mol. The van der Waals surface area contributed by atoms with Crippen LogP contribution in [0.5, 0.6) is 0 Å². The lowest BCUT2D eigenvalue weighted by molar-refractivity contribution is 0.420. The third-order valence-electron chi connectivity index (χ3n) is 0.347. The van der Waals surface area contributed by atoms with Crippen molar-refractivity contribution in [3.8, 4) is 0 Å². The van der Waals surface area contributed by atoms with Crippen molar-refractivity contribution in [1.82, 2.24) is 5.16 Å². The van der Waals surface area contributed by atoms with Gasteiger partial charge in [-0.3, -0.25) is 4.55 Å². The topological polar surface area (TPSA) is 80.4 Å². The van der Waals surface area contributed by atoms with Crippen LogP contribution in [0, 0.1) is 0 Å². The lowest BCUT2D eigenvalue weighted by Crippen LogP contribution is -1.58. The summed E-state index contributed by atoms with van der Waals surface area (Å²) in [4.78, 5) is 0. The molecule has 0 saturated heterocycles. The number of thiol groups is 1. The van der Waals surface area contributed by atoms with E-state index in [2.05, 4.69) is 9.68 Å². The van der Waals surface area contributed by atoms with E-state index in [0.29, 0.717) is 0 Å². The zero-order chi connectivity index (χ0) is 7.11. The Hall–Kier alpha value is -0.880. The lowest BCUT2D eigenvalue weighted by atomic mass is 10.8. The Kier molecular flexibility index (Phi) is 4.75. The second kappa shape index (κ2) is 5.26. The smallest absolute Gasteiger partial charge is 0.254 e. The molecule has 5 nitrogen and oxygen atoms in total. The molecule has 0 aromatic carbocycles. The summed E-state index contributed by atoms with van der Waals surface area (Å²) in [5.74, 6) is 0. The first kappa shape index (κ1) is 8.12. The summed E-state index contributed by atoms with van der Waals surface area (Å²) in [6.07, 6.45) is 3.10. The Morgan fingerprint density at radius 3 is 2.22 bits per heavy atom. The molecule has 0 bridgehead atoms. The van der Waals surface area contributed by atoms with Crippen molar-refractivity contribution in [1.29, 1.82) is 0 Å². The number of nitrogens with zero attached hydrogens (tertiary/aromatic N) is 1. The fourth-order valence-corrected chi connectivity index (χ4v) is 0.176. The van der Waals surface area contributed by atoms with E-state index in [1.807, 2.05) is 0 Å². The Morgan fingerprint density at radius 2 is 2.11 bits per heavy atom. The average Bonchev–Trinajstić information content (AvgIpc) is 2.11. The maximum atomic E-state index is 8.59. The Bertz CT molecular complexity index is 166. The molecule has 1 aromatic rings. The summed E-state index contributed by atoms with van der Waals surface area (Å²) in [5.41, 5.74) is 0. The molecule has 1 aromatic heterocycles. The van der Waals surface area contributed by atoms with Crippen LogP contribution in [0.15, 0.2) is 23.0 Å². The van der Waals surface area contributed by atoms with Crippen LogP contribution in [0.4, 0.5) is 0 Å². The predicted octanol–water partition coefficient (Wildman–Crippen LogP) is -0.255. The maximum Gasteiger partial charge on any atom is 0.254 e. The van der Waals surface area contributed by atoms with Gasteiger partial charge in [0, 0.05) is 0 Å². The van der Waals surface area contributed by atoms with Gasteiger partial charge >= 0.3 is 0 Å². The quantitative estimate of drug-likeness (QED) is 0.394. The Balaban J connectivity index is 0.000000148. The molecule has 0 spiro atoms. The van der Waals surface area contributed by atoms with Gasteiger partial charge in [-0.25, -0.2) is 8.42 Å². The molecule has 0 aliphatic carbocycles. The highest BCUT2D eigenvalue weighted by Gasteiger charge is 1.60. The van der Waals surface area contributed by atoms with Gasteiger partial charge in [-0.15, -0.1) is 0 Å². The number of hydrogen-bond acceptors (Lipinski definition) is 4. The zero-order valence-electron chi connectivity index (χ0n) is 4.30. The van der Waals surface area contributed by atoms with Crippen molar-refractivity contribution in [2.24, 2.45) is 0 Å². The van der Waals surface area contributed by atoms with E-state index >= 15 is 0 Å². The SMILES string of the molecule is O=[SH](=O)O.c1cnoc1. The second-order valence-electron chi connectivity index (χ2n) is 0.926. The summed E-state index contributed by atoms with van der Waals surface area (Å²) in [5, 5.41) is 3.35. The molecule has 0 saturated carbocycles. The first-order valence-corrected chi connectivity index (χ1v) is 3.04. The first-order valence-electron chi connectivity index (χ1n) is 1.91. The van der Waals surface area contributed by atoms with Gasteiger partial charge in [-0.2, -0.15) is 0 Å². The van der Waals surface area contributed by atoms with Gasteiger partial charge in [0.25, 0.3) is 11.0 Å². The van der Waals surface area contributed by atoms with Gasteiger partial charge in [0.15, 0.2) is 0 Å². The van der Waals surface area contributed by atoms with Crippen LogP contribution in [-0.2, 0) is 11.0 Å². The minimum absolute atomic E-state index is 1.51. The molecule has 9 heavy (non-hydrogen) atoms. The molecule has 0 aliphatic heterocycles. The van der Waals surface area contributed by atoms with Gasteiger partial charge in [-0.1, -0.05) is 5.16 Å². The highest BCUT2D eigenvalue weighted by atomic mass is 32.2. The molecular formula is C3H5NO4S. The highest BCUT2D eigenvalue weighted by molar-refractivity contribution is 7.66. The standard InChI is InChI=1S/C3H3NO.H2O3S/c1-2-4-5-3-1;1-4(2)3/h1-3H;4H,(H,1,2,3). The lowest BCUT2D eigenvalue weighted by Gasteiger charge is -1.48. The molecule has 0 unspecified atom stereocenters. The van der Waals surface area contributed by atoms with E-state index in [4.69, 9.17) is 13.0 Å². The van der Waals surface area contributed by atoms with Crippen LogP contribution < -0.4 is 0 Å². The molecule has 0 atom stereocenters. The van der Waals surface area contributed by atoms with Crippen LogP contribution in [0.1, 0.15) is 0 Å². The van der Waals surface area contributed by atoms with Crippen LogP contribution >= 0.6 is 0 Å². The van der Waals surface area contributed by atoms with E-state index in [1.165, 1.54) is 6.26 Å². The van der Waals surface area contributed by atoms with Crippen molar-refractivity contribution in [3.63, 3.8) is 0 Å². The van der Waals surface area contributed by atoms with E-state index < -0.39 is 11.0 Å². The number of rotatable bonds is 0. The van der Waals surface area contributed by atoms with Crippen LogP contribution in [0.2, 0.25) is 0 Å². The fraction of sp³-hybridized carbons (Fsp3) is 0. The largest absolute Gasteiger partial charge is 0.365 e. The van der Waals surface area contributed by atoms with E-state index in [0.717, 1.165) is 0 Å². The normalized spacial score (nSPS) is 8.22. The van der Waals surface area contributed by atoms with Crippen molar-refractivity contribution < 1.29 is 17.5 Å². The van der Waals surface area contributed by atoms with E-state index in [9.17, 15) is 0 Å². The van der Waals surface area contributed by atoms with E-state index in [1.54, 1.807) is 12.3 Å². The van der Waals surface area contributed by atoms with Crippen molar-refractivity contribution in [2.45, 2.75) is 0 Å². The number of aromatic nitrogens is 1. The Morgan fingerprint density at radius 1 is 1.56 bits per heavy atom. The van der Waals surface area contributed by atoms with Gasteiger partial charge in [-0.05, 0) is 6.07 Å². The molecule has 1 rings (SSSR count). The molecule has 1 heterocycles. The summed E-state index contributed by atoms with van der Waals surface area (Å²) in [6.45, 7) is 0. The zero-order valence-corrected chi connectivity index (χ0v) is 5.19. The van der Waals surface area contributed by atoms with Crippen LogP contribution in [0.3, 0.4) is 0 Å². The first-order chi connectivity index (χ1) is 4.23. The van der Waals surface area contributed by atoms with E-state index in [-0.39, 0.29) is 0 Å². The Labute approximate surface area is 53.1 Å². The average molecular weight is 151 g/mol. The molecule has 0 aliphatic rings. The summed E-state index contributed by atoms with van der Waals surface area (Å²) >= 11 is 0. The molecule has 6 heteroatoms. The molecule has 52 valence electrons. The van der Waals surface area contributed by atoms with Crippen LogP contribution in [0.25, 0.3) is 0 Å².